The molecule has 8 heteroatoms. The summed E-state index contributed by atoms with van der Waals surface area (Å²) < 4.78 is 51.8. The Morgan fingerprint density at radius 2 is 1.78 bits per heavy atom. The molecule has 0 radical (unpaired) electrons. The molecule has 0 bridgehead atoms. The maximum Gasteiger partial charge on any atom is 0.389 e. The summed E-state index contributed by atoms with van der Waals surface area (Å²) in [6, 6.07) is 4.24. The highest BCUT2D eigenvalue weighted by atomic mass is 35.5. The lowest BCUT2D eigenvalue weighted by Crippen LogP contribution is -2.45. The number of aryl methyl sites for hydroxylation is 1. The summed E-state index contributed by atoms with van der Waals surface area (Å²) >= 11 is 0. The van der Waals surface area contributed by atoms with Crippen molar-refractivity contribution in [2.45, 2.75) is 32.0 Å². The Morgan fingerprint density at radius 1 is 1.17 bits per heavy atom. The largest absolute Gasteiger partial charge is 0.389 e. The van der Waals surface area contributed by atoms with Gasteiger partial charge >= 0.3 is 6.18 Å². The number of benzene rings is 1. The molecule has 134 valence electrons. The van der Waals surface area contributed by atoms with Crippen LogP contribution in [0, 0.1) is 12.7 Å². The first-order chi connectivity index (χ1) is 9.87. The van der Waals surface area contributed by atoms with E-state index >= 15 is 0 Å². The van der Waals surface area contributed by atoms with E-state index in [2.05, 4.69) is 5.32 Å². The number of rotatable bonds is 4. The van der Waals surface area contributed by atoms with E-state index in [0.29, 0.717) is 18.7 Å². The molecule has 1 heterocycles. The molecule has 1 N–H and O–H groups in total. The van der Waals surface area contributed by atoms with Crippen molar-refractivity contribution in [3.05, 3.63) is 35.1 Å². The molecule has 1 atom stereocenters. The third-order valence-electron chi connectivity index (χ3n) is 3.81. The van der Waals surface area contributed by atoms with Crippen LogP contribution in [-0.4, -0.2) is 37.3 Å². The molecular weight excluding hydrogens is 355 g/mol. The third-order valence-corrected chi connectivity index (χ3v) is 3.81. The van der Waals surface area contributed by atoms with E-state index in [1.165, 1.54) is 6.07 Å². The Labute approximate surface area is 146 Å². The van der Waals surface area contributed by atoms with Crippen LogP contribution < -0.4 is 5.32 Å². The van der Waals surface area contributed by atoms with E-state index in [1.54, 1.807) is 19.1 Å². The summed E-state index contributed by atoms with van der Waals surface area (Å²) in [5.74, 6) is -0.416. The number of halogens is 6. The van der Waals surface area contributed by atoms with Crippen molar-refractivity contribution in [2.75, 3.05) is 26.2 Å². The number of piperazine rings is 1. The molecule has 1 fully saturated rings. The van der Waals surface area contributed by atoms with E-state index in [0.717, 1.165) is 18.7 Å². The zero-order chi connectivity index (χ0) is 15.5. The van der Waals surface area contributed by atoms with E-state index in [4.69, 9.17) is 0 Å². The van der Waals surface area contributed by atoms with Crippen molar-refractivity contribution in [1.82, 2.24) is 10.2 Å². The number of hydrogen-bond donors (Lipinski definition) is 1. The lowest BCUT2D eigenvalue weighted by Gasteiger charge is -2.35. The first kappa shape index (κ1) is 22.4. The third kappa shape index (κ3) is 6.83. The van der Waals surface area contributed by atoms with E-state index in [9.17, 15) is 17.6 Å². The second kappa shape index (κ2) is 9.67. The summed E-state index contributed by atoms with van der Waals surface area (Å²) in [5.41, 5.74) is 1.14. The van der Waals surface area contributed by atoms with Crippen LogP contribution in [0.4, 0.5) is 17.6 Å². The fraction of sp³-hybridized carbons (Fsp3) is 0.600. The molecule has 0 aromatic heterocycles. The lowest BCUT2D eigenvalue weighted by atomic mass is 9.97. The maximum absolute atomic E-state index is 14.2. The summed E-state index contributed by atoms with van der Waals surface area (Å²) in [5, 5.41) is 3.16. The molecule has 2 nitrogen and oxygen atoms in total. The van der Waals surface area contributed by atoms with Gasteiger partial charge in [-0.15, -0.1) is 24.8 Å². The van der Waals surface area contributed by atoms with Gasteiger partial charge in [0.1, 0.15) is 5.82 Å². The topological polar surface area (TPSA) is 15.3 Å². The highest BCUT2D eigenvalue weighted by Gasteiger charge is 2.32. The van der Waals surface area contributed by atoms with E-state index in [-0.39, 0.29) is 31.2 Å². The number of alkyl halides is 3. The zero-order valence-electron chi connectivity index (χ0n) is 12.8. The van der Waals surface area contributed by atoms with Crippen molar-refractivity contribution in [2.24, 2.45) is 0 Å². The molecule has 0 unspecified atom stereocenters. The van der Waals surface area contributed by atoms with Gasteiger partial charge in [0, 0.05) is 44.2 Å². The first-order valence-corrected chi connectivity index (χ1v) is 7.14. The van der Waals surface area contributed by atoms with Crippen molar-refractivity contribution in [3.8, 4) is 0 Å². The Bertz CT molecular complexity index is 477. The van der Waals surface area contributed by atoms with Crippen molar-refractivity contribution >= 4 is 24.8 Å². The van der Waals surface area contributed by atoms with Crippen LogP contribution in [0.1, 0.15) is 30.0 Å². The molecule has 0 spiro atoms. The van der Waals surface area contributed by atoms with Gasteiger partial charge in [0.2, 0.25) is 0 Å². The predicted molar refractivity (Wildman–Crippen MR) is 88.1 cm³/mol. The highest BCUT2D eigenvalue weighted by Crippen LogP contribution is 2.33. The fourth-order valence-electron chi connectivity index (χ4n) is 2.73. The second-order valence-electron chi connectivity index (χ2n) is 5.48. The minimum absolute atomic E-state index is 0. The van der Waals surface area contributed by atoms with Crippen LogP contribution >= 0.6 is 24.8 Å². The normalized spacial score (nSPS) is 17.1. The molecule has 0 amide bonds. The fourth-order valence-corrected chi connectivity index (χ4v) is 2.73. The predicted octanol–water partition coefficient (Wildman–Crippen LogP) is 4.27. The van der Waals surface area contributed by atoms with Gasteiger partial charge < -0.3 is 5.32 Å². The van der Waals surface area contributed by atoms with Crippen LogP contribution in [-0.2, 0) is 0 Å². The molecule has 2 rings (SSSR count). The Balaban J connectivity index is 0.00000242. The van der Waals surface area contributed by atoms with Crippen LogP contribution in [0.15, 0.2) is 18.2 Å². The summed E-state index contributed by atoms with van der Waals surface area (Å²) in [7, 11) is 0. The molecule has 0 aliphatic carbocycles. The highest BCUT2D eigenvalue weighted by molar-refractivity contribution is 5.85. The SMILES string of the molecule is Cc1ccc([C@@H](CCC(F)(F)F)N2CCNCC2)c(F)c1.Cl.Cl. The quantitative estimate of drug-likeness (QED) is 0.789. The van der Waals surface area contributed by atoms with Crippen LogP contribution in [0.3, 0.4) is 0 Å². The number of hydrogen-bond acceptors (Lipinski definition) is 2. The standard InChI is InChI=1S/C15H20F4N2.2ClH/c1-11-2-3-12(13(16)10-11)14(4-5-15(17,18)19)21-8-6-20-7-9-21;;/h2-3,10,14,20H,4-9H2,1H3;2*1H/t14-;;/m1../s1. The Hall–Kier alpha value is -0.560. The van der Waals surface area contributed by atoms with Crippen molar-refractivity contribution < 1.29 is 17.6 Å². The summed E-state index contributed by atoms with van der Waals surface area (Å²) in [4.78, 5) is 1.94. The van der Waals surface area contributed by atoms with Crippen molar-refractivity contribution in [3.63, 3.8) is 0 Å². The van der Waals surface area contributed by atoms with Crippen molar-refractivity contribution in [1.29, 1.82) is 0 Å². The maximum atomic E-state index is 14.2. The molecule has 1 aromatic carbocycles. The molecule has 23 heavy (non-hydrogen) atoms. The van der Waals surface area contributed by atoms with Gasteiger partial charge in [-0.05, 0) is 25.0 Å². The van der Waals surface area contributed by atoms with Gasteiger partial charge in [0.05, 0.1) is 0 Å². The summed E-state index contributed by atoms with van der Waals surface area (Å²) in [6.45, 7) is 4.47. The molecule has 1 aromatic rings. The summed E-state index contributed by atoms with van der Waals surface area (Å²) in [6.07, 6.45) is -5.22. The van der Waals surface area contributed by atoms with Gasteiger partial charge in [-0.1, -0.05) is 12.1 Å². The average molecular weight is 377 g/mol. The smallest absolute Gasteiger partial charge is 0.314 e. The zero-order valence-corrected chi connectivity index (χ0v) is 14.5. The Morgan fingerprint density at radius 3 is 2.30 bits per heavy atom. The number of nitrogens with zero attached hydrogens (tertiary/aromatic N) is 1. The van der Waals surface area contributed by atoms with Gasteiger partial charge in [0.25, 0.3) is 0 Å². The lowest BCUT2D eigenvalue weighted by molar-refractivity contribution is -0.138. The van der Waals surface area contributed by atoms with E-state index < -0.39 is 24.5 Å². The second-order valence-corrected chi connectivity index (χ2v) is 5.48. The van der Waals surface area contributed by atoms with Crippen LogP contribution in [0.25, 0.3) is 0 Å². The van der Waals surface area contributed by atoms with Gasteiger partial charge in [-0.3, -0.25) is 4.90 Å². The van der Waals surface area contributed by atoms with Crippen LogP contribution in [0.5, 0.6) is 0 Å². The first-order valence-electron chi connectivity index (χ1n) is 7.14. The molecule has 0 saturated carbocycles. The average Bonchev–Trinajstić information content (AvgIpc) is 2.41. The van der Waals surface area contributed by atoms with Gasteiger partial charge in [0.15, 0.2) is 0 Å². The molecular formula is C15H22Cl2F4N2. The molecule has 1 aliphatic heterocycles. The number of nitrogens with one attached hydrogen (secondary N) is 1. The molecule has 1 saturated heterocycles. The monoisotopic (exact) mass is 376 g/mol. The van der Waals surface area contributed by atoms with Gasteiger partial charge in [-0.25, -0.2) is 4.39 Å². The molecule has 1 aliphatic rings. The van der Waals surface area contributed by atoms with E-state index in [1.807, 2.05) is 4.90 Å². The van der Waals surface area contributed by atoms with Gasteiger partial charge in [-0.2, -0.15) is 13.2 Å². The minimum Gasteiger partial charge on any atom is -0.314 e. The van der Waals surface area contributed by atoms with Crippen LogP contribution in [0.2, 0.25) is 0 Å². The Kier molecular flexibility index (Phi) is 9.43. The minimum atomic E-state index is -4.21.